The lowest BCUT2D eigenvalue weighted by atomic mass is 9.95. The summed E-state index contributed by atoms with van der Waals surface area (Å²) in [4.78, 5) is 16.6. The lowest BCUT2D eigenvalue weighted by Crippen LogP contribution is -2.23. The molecular formula is C14H16N2OS. The van der Waals surface area contributed by atoms with Crippen molar-refractivity contribution in [1.82, 2.24) is 10.3 Å². The van der Waals surface area contributed by atoms with Gasteiger partial charge in [-0.25, -0.2) is 0 Å². The van der Waals surface area contributed by atoms with Crippen molar-refractivity contribution in [1.29, 1.82) is 0 Å². The molecule has 0 bridgehead atoms. The number of amides is 1. The molecule has 1 aliphatic carbocycles. The molecule has 0 saturated carbocycles. The number of aromatic amines is 1. The molecule has 4 heteroatoms. The third-order valence-electron chi connectivity index (χ3n) is 3.42. The van der Waals surface area contributed by atoms with Crippen LogP contribution in [-0.4, -0.2) is 10.9 Å². The maximum Gasteiger partial charge on any atom is 0.252 e. The first-order chi connectivity index (χ1) is 8.84. The van der Waals surface area contributed by atoms with Crippen LogP contribution in [0.15, 0.2) is 23.8 Å². The topological polar surface area (TPSA) is 44.9 Å². The largest absolute Gasteiger partial charge is 0.367 e. The number of carbonyl (C=O) groups is 1. The summed E-state index contributed by atoms with van der Waals surface area (Å²) >= 11 is 1.74. The number of fused-ring (bicyclic) bond motifs is 1. The third kappa shape index (κ3) is 2.20. The van der Waals surface area contributed by atoms with Gasteiger partial charge in [-0.3, -0.25) is 4.79 Å². The molecule has 2 aromatic rings. The van der Waals surface area contributed by atoms with Gasteiger partial charge in [-0.05, 0) is 42.9 Å². The highest BCUT2D eigenvalue weighted by molar-refractivity contribution is 7.10. The Morgan fingerprint density at radius 3 is 3.11 bits per heavy atom. The van der Waals surface area contributed by atoms with E-state index < -0.39 is 0 Å². The lowest BCUT2D eigenvalue weighted by molar-refractivity contribution is 0.0950. The van der Waals surface area contributed by atoms with Gasteiger partial charge < -0.3 is 10.3 Å². The normalized spacial score (nSPS) is 14.2. The number of hydrogen-bond acceptors (Lipinski definition) is 2. The molecule has 2 heterocycles. The van der Waals surface area contributed by atoms with Crippen LogP contribution in [0.25, 0.3) is 0 Å². The molecule has 0 atom stereocenters. The summed E-state index contributed by atoms with van der Waals surface area (Å²) in [5.74, 6) is 0.0654. The fraction of sp³-hybridized carbons (Fsp3) is 0.357. The average molecular weight is 260 g/mol. The Hall–Kier alpha value is -1.55. The van der Waals surface area contributed by atoms with Gasteiger partial charge in [0.2, 0.25) is 0 Å². The molecule has 2 aromatic heterocycles. The first kappa shape index (κ1) is 11.5. The standard InChI is InChI=1S/C14H16N2OS/c17-14(16-8-10-5-6-15-7-10)12-9-18-13-4-2-1-3-11(12)13/h5-7,9,15H,1-4,8H2,(H,16,17). The van der Waals surface area contributed by atoms with E-state index in [1.54, 1.807) is 11.3 Å². The third-order valence-corrected chi connectivity index (χ3v) is 4.51. The van der Waals surface area contributed by atoms with Gasteiger partial charge in [-0.15, -0.1) is 11.3 Å². The second-order valence-electron chi connectivity index (χ2n) is 4.66. The number of rotatable bonds is 3. The number of aryl methyl sites for hydroxylation is 1. The van der Waals surface area contributed by atoms with Gasteiger partial charge in [0.1, 0.15) is 0 Å². The van der Waals surface area contributed by atoms with E-state index >= 15 is 0 Å². The second kappa shape index (κ2) is 4.98. The van der Waals surface area contributed by atoms with Crippen molar-refractivity contribution in [3.05, 3.63) is 45.4 Å². The van der Waals surface area contributed by atoms with E-state index in [2.05, 4.69) is 10.3 Å². The summed E-state index contributed by atoms with van der Waals surface area (Å²) in [5, 5.41) is 5.00. The summed E-state index contributed by atoms with van der Waals surface area (Å²) in [6.45, 7) is 0.590. The summed E-state index contributed by atoms with van der Waals surface area (Å²) in [6.07, 6.45) is 8.45. The van der Waals surface area contributed by atoms with Crippen molar-refractivity contribution < 1.29 is 4.79 Å². The van der Waals surface area contributed by atoms with E-state index in [0.29, 0.717) is 6.54 Å². The van der Waals surface area contributed by atoms with Crippen molar-refractivity contribution in [3.8, 4) is 0 Å². The van der Waals surface area contributed by atoms with Gasteiger partial charge in [0.15, 0.2) is 0 Å². The molecule has 3 nitrogen and oxygen atoms in total. The van der Waals surface area contributed by atoms with Crippen molar-refractivity contribution in [3.63, 3.8) is 0 Å². The van der Waals surface area contributed by atoms with E-state index in [9.17, 15) is 4.79 Å². The van der Waals surface area contributed by atoms with Crippen molar-refractivity contribution in [2.24, 2.45) is 0 Å². The number of nitrogens with one attached hydrogen (secondary N) is 2. The first-order valence-corrected chi connectivity index (χ1v) is 7.21. The van der Waals surface area contributed by atoms with Crippen molar-refractivity contribution in [2.75, 3.05) is 0 Å². The Labute approximate surface area is 110 Å². The van der Waals surface area contributed by atoms with Crippen LogP contribution in [0.3, 0.4) is 0 Å². The van der Waals surface area contributed by atoms with Gasteiger partial charge in [-0.2, -0.15) is 0 Å². The fourth-order valence-electron chi connectivity index (χ4n) is 2.43. The van der Waals surface area contributed by atoms with E-state index in [4.69, 9.17) is 0 Å². The molecule has 94 valence electrons. The highest BCUT2D eigenvalue weighted by atomic mass is 32.1. The number of H-pyrrole nitrogens is 1. The highest BCUT2D eigenvalue weighted by Crippen LogP contribution is 2.30. The molecule has 0 spiro atoms. The Balaban J connectivity index is 1.70. The Morgan fingerprint density at radius 1 is 1.39 bits per heavy atom. The Bertz CT molecular complexity index is 542. The minimum absolute atomic E-state index is 0.0654. The summed E-state index contributed by atoms with van der Waals surface area (Å²) < 4.78 is 0. The zero-order chi connectivity index (χ0) is 12.4. The van der Waals surface area contributed by atoms with E-state index in [0.717, 1.165) is 24.0 Å². The van der Waals surface area contributed by atoms with Gasteiger partial charge in [-0.1, -0.05) is 0 Å². The quantitative estimate of drug-likeness (QED) is 0.875. The molecule has 1 amide bonds. The molecule has 0 radical (unpaired) electrons. The van der Waals surface area contributed by atoms with Crippen LogP contribution in [-0.2, 0) is 19.4 Å². The van der Waals surface area contributed by atoms with Crippen LogP contribution in [0.2, 0.25) is 0 Å². The molecule has 2 N–H and O–H groups in total. The zero-order valence-corrected chi connectivity index (χ0v) is 11.0. The summed E-state index contributed by atoms with van der Waals surface area (Å²) in [6, 6.07) is 1.98. The second-order valence-corrected chi connectivity index (χ2v) is 5.62. The Kier molecular flexibility index (Phi) is 3.19. The maximum atomic E-state index is 12.2. The predicted molar refractivity (Wildman–Crippen MR) is 72.9 cm³/mol. The van der Waals surface area contributed by atoms with Crippen LogP contribution < -0.4 is 5.32 Å². The number of thiophene rings is 1. The van der Waals surface area contributed by atoms with Crippen LogP contribution in [0.4, 0.5) is 0 Å². The van der Waals surface area contributed by atoms with Crippen LogP contribution in [0.5, 0.6) is 0 Å². The van der Waals surface area contributed by atoms with Crippen LogP contribution >= 0.6 is 11.3 Å². The molecule has 3 rings (SSSR count). The number of carbonyl (C=O) groups excluding carboxylic acids is 1. The monoisotopic (exact) mass is 260 g/mol. The van der Waals surface area contributed by atoms with E-state index in [1.165, 1.54) is 23.3 Å². The molecular weight excluding hydrogens is 244 g/mol. The van der Waals surface area contributed by atoms with E-state index in [1.807, 2.05) is 23.8 Å². The first-order valence-electron chi connectivity index (χ1n) is 6.33. The predicted octanol–water partition coefficient (Wildman–Crippen LogP) is 2.89. The average Bonchev–Trinajstić information content (AvgIpc) is 3.05. The fourth-order valence-corrected chi connectivity index (χ4v) is 3.56. The van der Waals surface area contributed by atoms with Gasteiger partial charge in [0.05, 0.1) is 5.56 Å². The van der Waals surface area contributed by atoms with E-state index in [-0.39, 0.29) is 5.91 Å². The highest BCUT2D eigenvalue weighted by Gasteiger charge is 2.19. The minimum atomic E-state index is 0.0654. The zero-order valence-electron chi connectivity index (χ0n) is 10.2. The molecule has 0 aliphatic heterocycles. The molecule has 0 saturated heterocycles. The van der Waals surface area contributed by atoms with Gasteiger partial charge >= 0.3 is 0 Å². The summed E-state index contributed by atoms with van der Waals surface area (Å²) in [5.41, 5.74) is 3.29. The number of aromatic nitrogens is 1. The molecule has 0 unspecified atom stereocenters. The van der Waals surface area contributed by atoms with Crippen LogP contribution in [0, 0.1) is 0 Å². The maximum absolute atomic E-state index is 12.2. The van der Waals surface area contributed by atoms with Crippen molar-refractivity contribution in [2.45, 2.75) is 32.2 Å². The van der Waals surface area contributed by atoms with Gasteiger partial charge in [0, 0.05) is 29.2 Å². The minimum Gasteiger partial charge on any atom is -0.367 e. The smallest absolute Gasteiger partial charge is 0.252 e. The van der Waals surface area contributed by atoms with Gasteiger partial charge in [0.25, 0.3) is 5.91 Å². The molecule has 0 aromatic carbocycles. The SMILES string of the molecule is O=C(NCc1cc[nH]c1)c1csc2c1CCCC2. The number of hydrogen-bond donors (Lipinski definition) is 2. The molecule has 0 fully saturated rings. The summed E-state index contributed by atoms with van der Waals surface area (Å²) in [7, 11) is 0. The lowest BCUT2D eigenvalue weighted by Gasteiger charge is -2.12. The molecule has 1 aliphatic rings. The molecule has 18 heavy (non-hydrogen) atoms. The van der Waals surface area contributed by atoms with Crippen molar-refractivity contribution >= 4 is 17.2 Å². The van der Waals surface area contributed by atoms with Crippen LogP contribution in [0.1, 0.15) is 39.2 Å². The Morgan fingerprint density at radius 2 is 2.28 bits per heavy atom.